The zero-order valence-corrected chi connectivity index (χ0v) is 11.7. The highest BCUT2D eigenvalue weighted by atomic mass is 16.7. The molecule has 0 bridgehead atoms. The van der Waals surface area contributed by atoms with Crippen LogP contribution in [0.4, 0.5) is 0 Å². The van der Waals surface area contributed by atoms with E-state index in [-0.39, 0.29) is 5.60 Å². The Morgan fingerprint density at radius 3 is 2.84 bits per heavy atom. The summed E-state index contributed by atoms with van der Waals surface area (Å²) in [7, 11) is 0. The zero-order chi connectivity index (χ0) is 13.3. The second kappa shape index (κ2) is 4.93. The molecule has 0 aliphatic carbocycles. The number of hydrogen-bond acceptors (Lipinski definition) is 4. The molecule has 4 heteroatoms. The van der Waals surface area contributed by atoms with Gasteiger partial charge in [0, 0.05) is 37.0 Å². The van der Waals surface area contributed by atoms with Crippen molar-refractivity contribution in [1.82, 2.24) is 9.88 Å². The molecule has 0 amide bonds. The lowest BCUT2D eigenvalue weighted by Gasteiger charge is -2.40. The topological polar surface area (TPSA) is 37.7 Å². The molecule has 1 fully saturated rings. The van der Waals surface area contributed by atoms with Gasteiger partial charge in [-0.1, -0.05) is 5.16 Å². The molecule has 2 aliphatic rings. The molecule has 102 valence electrons. The molecular formula is C15H21N3O. The third-order valence-electron chi connectivity index (χ3n) is 4.15. The van der Waals surface area contributed by atoms with Crippen LogP contribution >= 0.6 is 0 Å². The van der Waals surface area contributed by atoms with Gasteiger partial charge in [0.25, 0.3) is 0 Å². The number of likely N-dealkylation sites (tertiary alicyclic amines) is 1. The first-order chi connectivity index (χ1) is 9.19. The number of rotatable bonds is 2. The number of pyridine rings is 1. The molecule has 3 rings (SSSR count). The fourth-order valence-corrected chi connectivity index (χ4v) is 3.01. The van der Waals surface area contributed by atoms with Crippen LogP contribution in [0.2, 0.25) is 0 Å². The second-order valence-electron chi connectivity index (χ2n) is 5.89. The monoisotopic (exact) mass is 259 g/mol. The zero-order valence-electron chi connectivity index (χ0n) is 11.7. The van der Waals surface area contributed by atoms with Gasteiger partial charge in [0.2, 0.25) is 0 Å². The smallest absolute Gasteiger partial charge is 0.156 e. The van der Waals surface area contributed by atoms with Crippen molar-refractivity contribution in [2.45, 2.75) is 44.8 Å². The first kappa shape index (κ1) is 12.6. The van der Waals surface area contributed by atoms with Gasteiger partial charge in [0.05, 0.1) is 5.71 Å². The molecular weight excluding hydrogens is 238 g/mol. The molecule has 0 radical (unpaired) electrons. The van der Waals surface area contributed by atoms with E-state index < -0.39 is 0 Å². The van der Waals surface area contributed by atoms with E-state index in [9.17, 15) is 0 Å². The van der Waals surface area contributed by atoms with Crippen LogP contribution < -0.4 is 0 Å². The predicted octanol–water partition coefficient (Wildman–Crippen LogP) is 2.45. The van der Waals surface area contributed by atoms with Crippen molar-refractivity contribution < 1.29 is 4.84 Å². The standard InChI is InChI=1S/C15H21N3O/c1-12(2)18-9-3-6-15(11-18)10-14(17-19-15)13-4-7-16-8-5-13/h4-5,7-8,12H,3,6,9-11H2,1-2H3. The third kappa shape index (κ3) is 2.50. The molecule has 4 nitrogen and oxygen atoms in total. The van der Waals surface area contributed by atoms with E-state index in [1.54, 1.807) is 0 Å². The minimum atomic E-state index is -0.0961. The summed E-state index contributed by atoms with van der Waals surface area (Å²) >= 11 is 0. The van der Waals surface area contributed by atoms with Crippen LogP contribution in [0.5, 0.6) is 0 Å². The van der Waals surface area contributed by atoms with E-state index >= 15 is 0 Å². The van der Waals surface area contributed by atoms with E-state index in [1.165, 1.54) is 13.0 Å². The van der Waals surface area contributed by atoms with Crippen molar-refractivity contribution in [2.75, 3.05) is 13.1 Å². The van der Waals surface area contributed by atoms with Crippen LogP contribution in [0.3, 0.4) is 0 Å². The molecule has 1 aromatic heterocycles. The Labute approximate surface area is 114 Å². The maximum atomic E-state index is 5.85. The Morgan fingerprint density at radius 2 is 2.11 bits per heavy atom. The summed E-state index contributed by atoms with van der Waals surface area (Å²) in [4.78, 5) is 12.4. The summed E-state index contributed by atoms with van der Waals surface area (Å²) < 4.78 is 0. The first-order valence-electron chi connectivity index (χ1n) is 7.08. The highest BCUT2D eigenvalue weighted by Gasteiger charge is 2.43. The van der Waals surface area contributed by atoms with Crippen molar-refractivity contribution in [2.24, 2.45) is 5.16 Å². The molecule has 3 heterocycles. The van der Waals surface area contributed by atoms with Gasteiger partial charge in [-0.05, 0) is 45.4 Å². The van der Waals surface area contributed by atoms with Crippen molar-refractivity contribution in [3.05, 3.63) is 30.1 Å². The Kier molecular flexibility index (Phi) is 3.27. The molecule has 0 aromatic carbocycles. The lowest BCUT2D eigenvalue weighted by molar-refractivity contribution is -0.0748. The molecule has 19 heavy (non-hydrogen) atoms. The Hall–Kier alpha value is -1.42. The van der Waals surface area contributed by atoms with Crippen LogP contribution in [-0.2, 0) is 4.84 Å². The van der Waals surface area contributed by atoms with Gasteiger partial charge in [-0.25, -0.2) is 0 Å². The summed E-state index contributed by atoms with van der Waals surface area (Å²) in [6.45, 7) is 6.66. The molecule has 2 aliphatic heterocycles. The third-order valence-corrected chi connectivity index (χ3v) is 4.15. The van der Waals surface area contributed by atoms with Crippen LogP contribution in [-0.4, -0.2) is 40.3 Å². The van der Waals surface area contributed by atoms with Gasteiger partial charge < -0.3 is 4.84 Å². The summed E-state index contributed by atoms with van der Waals surface area (Å²) in [6, 6.07) is 4.58. The highest BCUT2D eigenvalue weighted by Crippen LogP contribution is 2.35. The van der Waals surface area contributed by atoms with E-state index in [4.69, 9.17) is 4.84 Å². The number of nitrogens with zero attached hydrogens (tertiary/aromatic N) is 3. The van der Waals surface area contributed by atoms with Crippen LogP contribution in [0.15, 0.2) is 29.7 Å². The first-order valence-corrected chi connectivity index (χ1v) is 7.08. The van der Waals surface area contributed by atoms with Crippen molar-refractivity contribution in [3.63, 3.8) is 0 Å². The van der Waals surface area contributed by atoms with Gasteiger partial charge in [-0.3, -0.25) is 9.88 Å². The summed E-state index contributed by atoms with van der Waals surface area (Å²) in [5.41, 5.74) is 2.10. The van der Waals surface area contributed by atoms with Crippen LogP contribution in [0.25, 0.3) is 0 Å². The maximum Gasteiger partial charge on any atom is 0.156 e. The molecule has 1 unspecified atom stereocenters. The van der Waals surface area contributed by atoms with Crippen molar-refractivity contribution in [1.29, 1.82) is 0 Å². The van der Waals surface area contributed by atoms with Gasteiger partial charge in [-0.15, -0.1) is 0 Å². The Bertz CT molecular complexity index is 472. The Morgan fingerprint density at radius 1 is 1.32 bits per heavy atom. The highest BCUT2D eigenvalue weighted by molar-refractivity contribution is 6.01. The molecule has 1 aromatic rings. The summed E-state index contributed by atoms with van der Waals surface area (Å²) in [6.07, 6.45) is 6.83. The molecule has 0 saturated carbocycles. The van der Waals surface area contributed by atoms with Gasteiger partial charge in [0.15, 0.2) is 5.60 Å². The fraction of sp³-hybridized carbons (Fsp3) is 0.600. The molecule has 1 spiro atoms. The van der Waals surface area contributed by atoms with E-state index in [0.29, 0.717) is 6.04 Å². The average molecular weight is 259 g/mol. The summed E-state index contributed by atoms with van der Waals surface area (Å²) in [5, 5.41) is 4.34. The van der Waals surface area contributed by atoms with Crippen LogP contribution in [0, 0.1) is 0 Å². The maximum absolute atomic E-state index is 5.85. The second-order valence-corrected chi connectivity index (χ2v) is 5.89. The Balaban J connectivity index is 1.73. The summed E-state index contributed by atoms with van der Waals surface area (Å²) in [5.74, 6) is 0. The predicted molar refractivity (Wildman–Crippen MR) is 75.2 cm³/mol. The van der Waals surface area contributed by atoms with Gasteiger partial charge in [0.1, 0.15) is 0 Å². The number of piperidine rings is 1. The van der Waals surface area contributed by atoms with E-state index in [1.807, 2.05) is 24.5 Å². The fourth-order valence-electron chi connectivity index (χ4n) is 3.01. The minimum absolute atomic E-state index is 0.0961. The van der Waals surface area contributed by atoms with E-state index in [2.05, 4.69) is 28.9 Å². The lowest BCUT2D eigenvalue weighted by atomic mass is 9.86. The quantitative estimate of drug-likeness (QED) is 0.818. The average Bonchev–Trinajstić information content (AvgIpc) is 2.83. The SMILES string of the molecule is CC(C)N1CCCC2(CC(c3ccncc3)=NO2)C1. The minimum Gasteiger partial charge on any atom is -0.387 e. The lowest BCUT2D eigenvalue weighted by Crippen LogP contribution is -2.50. The van der Waals surface area contributed by atoms with E-state index in [0.717, 1.165) is 30.7 Å². The number of aromatic nitrogens is 1. The normalized spacial score (nSPS) is 27.6. The van der Waals surface area contributed by atoms with Crippen molar-refractivity contribution >= 4 is 5.71 Å². The molecule has 1 saturated heterocycles. The van der Waals surface area contributed by atoms with Gasteiger partial charge >= 0.3 is 0 Å². The van der Waals surface area contributed by atoms with Crippen molar-refractivity contribution in [3.8, 4) is 0 Å². The van der Waals surface area contributed by atoms with Crippen LogP contribution in [0.1, 0.15) is 38.7 Å². The number of hydrogen-bond donors (Lipinski definition) is 0. The van der Waals surface area contributed by atoms with Gasteiger partial charge in [-0.2, -0.15) is 0 Å². The molecule has 0 N–H and O–H groups in total. The largest absolute Gasteiger partial charge is 0.387 e. The number of oxime groups is 1. The molecule has 1 atom stereocenters.